The number of hydrogen-bond acceptors (Lipinski definition) is 4. The number of rotatable bonds is 8. The van der Waals surface area contributed by atoms with Crippen LogP contribution in [0.2, 0.25) is 0 Å². The number of nitrogens with one attached hydrogen (secondary N) is 2. The molecular weight excluding hydrogens is 392 g/mol. The summed E-state index contributed by atoms with van der Waals surface area (Å²) in [4.78, 5) is 25.0. The van der Waals surface area contributed by atoms with Gasteiger partial charge in [0.1, 0.15) is 11.5 Å². The standard InChI is InChI=1S/C25H26N2O4/c1-4-30-23-12-8-7-11-22(23)27-24(28)18(3)31-20-15-13-19(14-16-20)25(29)26-21-10-6-5-9-17(21)2/h5-16,18H,4H2,1-3H3,(H,26,29)(H,27,28)/t18-/m1/s1. The first-order valence-corrected chi connectivity index (χ1v) is 10.1. The number of para-hydroxylation sites is 3. The quantitative estimate of drug-likeness (QED) is 0.537. The Morgan fingerprint density at radius 3 is 2.19 bits per heavy atom. The predicted molar refractivity (Wildman–Crippen MR) is 122 cm³/mol. The van der Waals surface area contributed by atoms with Gasteiger partial charge in [-0.3, -0.25) is 9.59 Å². The van der Waals surface area contributed by atoms with E-state index in [0.717, 1.165) is 11.3 Å². The molecule has 0 spiro atoms. The first-order chi connectivity index (χ1) is 15.0. The van der Waals surface area contributed by atoms with Gasteiger partial charge >= 0.3 is 0 Å². The number of ether oxygens (including phenoxy) is 2. The van der Waals surface area contributed by atoms with Crippen LogP contribution in [0.5, 0.6) is 11.5 Å². The number of anilines is 2. The molecule has 0 radical (unpaired) electrons. The maximum atomic E-state index is 12.5. The summed E-state index contributed by atoms with van der Waals surface area (Å²) < 4.78 is 11.3. The maximum absolute atomic E-state index is 12.5. The Labute approximate surface area is 182 Å². The van der Waals surface area contributed by atoms with Crippen molar-refractivity contribution in [3.63, 3.8) is 0 Å². The molecule has 0 aliphatic carbocycles. The summed E-state index contributed by atoms with van der Waals surface area (Å²) >= 11 is 0. The van der Waals surface area contributed by atoms with Gasteiger partial charge in [-0.05, 0) is 68.8 Å². The molecule has 160 valence electrons. The Morgan fingerprint density at radius 1 is 0.871 bits per heavy atom. The minimum atomic E-state index is -0.735. The summed E-state index contributed by atoms with van der Waals surface area (Å²) in [5.74, 6) is 0.593. The van der Waals surface area contributed by atoms with Crippen LogP contribution >= 0.6 is 0 Å². The number of carbonyl (C=O) groups excluding carboxylic acids is 2. The molecule has 31 heavy (non-hydrogen) atoms. The lowest BCUT2D eigenvalue weighted by Crippen LogP contribution is -2.30. The molecular formula is C25H26N2O4. The van der Waals surface area contributed by atoms with Crippen molar-refractivity contribution in [2.24, 2.45) is 0 Å². The fourth-order valence-corrected chi connectivity index (χ4v) is 2.94. The van der Waals surface area contributed by atoms with Crippen LogP contribution in [0.4, 0.5) is 11.4 Å². The van der Waals surface area contributed by atoms with Crippen molar-refractivity contribution in [1.82, 2.24) is 0 Å². The lowest BCUT2D eigenvalue weighted by molar-refractivity contribution is -0.122. The van der Waals surface area contributed by atoms with E-state index >= 15 is 0 Å². The van der Waals surface area contributed by atoms with Crippen LogP contribution in [0.15, 0.2) is 72.8 Å². The molecule has 0 fully saturated rings. The Balaban J connectivity index is 1.59. The SMILES string of the molecule is CCOc1ccccc1NC(=O)[C@@H](C)Oc1ccc(C(=O)Nc2ccccc2C)cc1. The molecule has 0 saturated carbocycles. The van der Waals surface area contributed by atoms with Crippen molar-refractivity contribution < 1.29 is 19.1 Å². The van der Waals surface area contributed by atoms with E-state index in [-0.39, 0.29) is 11.8 Å². The number of hydrogen-bond donors (Lipinski definition) is 2. The van der Waals surface area contributed by atoms with Crippen LogP contribution in [-0.4, -0.2) is 24.5 Å². The van der Waals surface area contributed by atoms with E-state index in [2.05, 4.69) is 10.6 Å². The number of amides is 2. The highest BCUT2D eigenvalue weighted by molar-refractivity contribution is 6.04. The van der Waals surface area contributed by atoms with Crippen molar-refractivity contribution in [2.45, 2.75) is 26.9 Å². The van der Waals surface area contributed by atoms with Gasteiger partial charge in [0.2, 0.25) is 0 Å². The molecule has 6 heteroatoms. The zero-order valence-electron chi connectivity index (χ0n) is 17.8. The summed E-state index contributed by atoms with van der Waals surface area (Å²) in [5, 5.41) is 5.72. The predicted octanol–water partition coefficient (Wildman–Crippen LogP) is 5.05. The Morgan fingerprint density at radius 2 is 1.52 bits per heavy atom. The van der Waals surface area contributed by atoms with E-state index in [0.29, 0.717) is 29.4 Å². The molecule has 0 heterocycles. The van der Waals surface area contributed by atoms with E-state index in [4.69, 9.17) is 9.47 Å². The number of benzene rings is 3. The van der Waals surface area contributed by atoms with Crippen LogP contribution in [0, 0.1) is 6.92 Å². The van der Waals surface area contributed by atoms with E-state index in [1.165, 1.54) is 0 Å². The highest BCUT2D eigenvalue weighted by Crippen LogP contribution is 2.24. The topological polar surface area (TPSA) is 76.7 Å². The van der Waals surface area contributed by atoms with Crippen LogP contribution in [-0.2, 0) is 4.79 Å². The minimum Gasteiger partial charge on any atom is -0.492 e. The van der Waals surface area contributed by atoms with Gasteiger partial charge in [-0.25, -0.2) is 0 Å². The van der Waals surface area contributed by atoms with E-state index in [9.17, 15) is 9.59 Å². The van der Waals surface area contributed by atoms with Crippen LogP contribution in [0.3, 0.4) is 0 Å². The van der Waals surface area contributed by atoms with Gasteiger partial charge in [-0.2, -0.15) is 0 Å². The molecule has 0 aromatic heterocycles. The van der Waals surface area contributed by atoms with Crippen molar-refractivity contribution in [2.75, 3.05) is 17.2 Å². The molecule has 6 nitrogen and oxygen atoms in total. The lowest BCUT2D eigenvalue weighted by Gasteiger charge is -2.16. The second-order valence-corrected chi connectivity index (χ2v) is 6.97. The average Bonchev–Trinajstić information content (AvgIpc) is 2.77. The Kier molecular flexibility index (Phi) is 7.27. The summed E-state index contributed by atoms with van der Waals surface area (Å²) in [7, 11) is 0. The van der Waals surface area contributed by atoms with Crippen molar-refractivity contribution in [1.29, 1.82) is 0 Å². The van der Waals surface area contributed by atoms with Gasteiger partial charge in [-0.15, -0.1) is 0 Å². The maximum Gasteiger partial charge on any atom is 0.265 e. The van der Waals surface area contributed by atoms with Crippen LogP contribution < -0.4 is 20.1 Å². The molecule has 3 aromatic carbocycles. The molecule has 0 aliphatic heterocycles. The van der Waals surface area contributed by atoms with Crippen molar-refractivity contribution in [3.05, 3.63) is 83.9 Å². The summed E-state index contributed by atoms with van der Waals surface area (Å²) in [6.07, 6.45) is -0.735. The monoisotopic (exact) mass is 418 g/mol. The van der Waals surface area contributed by atoms with Crippen LogP contribution in [0.25, 0.3) is 0 Å². The third kappa shape index (κ3) is 5.85. The van der Waals surface area contributed by atoms with E-state index in [1.54, 1.807) is 43.3 Å². The largest absolute Gasteiger partial charge is 0.492 e. The smallest absolute Gasteiger partial charge is 0.265 e. The zero-order chi connectivity index (χ0) is 22.2. The third-order valence-electron chi connectivity index (χ3n) is 4.64. The van der Waals surface area contributed by atoms with Gasteiger partial charge in [0.25, 0.3) is 11.8 Å². The highest BCUT2D eigenvalue weighted by atomic mass is 16.5. The van der Waals surface area contributed by atoms with Gasteiger partial charge < -0.3 is 20.1 Å². The molecule has 2 amide bonds. The lowest BCUT2D eigenvalue weighted by atomic mass is 10.1. The molecule has 0 bridgehead atoms. The molecule has 0 aliphatic rings. The first-order valence-electron chi connectivity index (χ1n) is 10.1. The first kappa shape index (κ1) is 21.9. The molecule has 0 unspecified atom stereocenters. The molecule has 2 N–H and O–H groups in total. The average molecular weight is 418 g/mol. The van der Waals surface area contributed by atoms with Gasteiger partial charge in [0.15, 0.2) is 6.10 Å². The normalized spacial score (nSPS) is 11.3. The van der Waals surface area contributed by atoms with Gasteiger partial charge in [-0.1, -0.05) is 30.3 Å². The fraction of sp³-hybridized carbons (Fsp3) is 0.200. The molecule has 3 aromatic rings. The van der Waals surface area contributed by atoms with Gasteiger partial charge in [0, 0.05) is 11.3 Å². The van der Waals surface area contributed by atoms with E-state index < -0.39 is 6.10 Å². The summed E-state index contributed by atoms with van der Waals surface area (Å²) in [6.45, 7) is 5.99. The number of aryl methyl sites for hydroxylation is 1. The van der Waals surface area contributed by atoms with Crippen LogP contribution in [0.1, 0.15) is 29.8 Å². The minimum absolute atomic E-state index is 0.209. The summed E-state index contributed by atoms with van der Waals surface area (Å²) in [6, 6.07) is 21.5. The second-order valence-electron chi connectivity index (χ2n) is 6.97. The highest BCUT2D eigenvalue weighted by Gasteiger charge is 2.17. The zero-order valence-corrected chi connectivity index (χ0v) is 17.8. The van der Waals surface area contributed by atoms with Crippen molar-refractivity contribution in [3.8, 4) is 11.5 Å². The fourth-order valence-electron chi connectivity index (χ4n) is 2.94. The van der Waals surface area contributed by atoms with Gasteiger partial charge in [0.05, 0.1) is 12.3 Å². The second kappa shape index (κ2) is 10.3. The Hall–Kier alpha value is -3.80. The Bertz CT molecular complexity index is 1050. The molecule has 1 atom stereocenters. The molecule has 3 rings (SSSR count). The van der Waals surface area contributed by atoms with E-state index in [1.807, 2.05) is 50.2 Å². The van der Waals surface area contributed by atoms with Crippen molar-refractivity contribution >= 4 is 23.2 Å². The number of carbonyl (C=O) groups is 2. The third-order valence-corrected chi connectivity index (χ3v) is 4.64. The summed E-state index contributed by atoms with van der Waals surface area (Å²) in [5.41, 5.74) is 2.85. The molecule has 0 saturated heterocycles.